The summed E-state index contributed by atoms with van der Waals surface area (Å²) in [4.78, 5) is 13.8. The minimum Gasteiger partial charge on any atom is -0.359 e. The minimum absolute atomic E-state index is 0.101. The van der Waals surface area contributed by atoms with E-state index in [-0.39, 0.29) is 5.41 Å². The van der Waals surface area contributed by atoms with Gasteiger partial charge in [-0.15, -0.1) is 0 Å². The van der Waals surface area contributed by atoms with Crippen molar-refractivity contribution >= 4 is 11.6 Å². The molecule has 21 heavy (non-hydrogen) atoms. The number of nitrogen functional groups attached to an aromatic ring is 1. The van der Waals surface area contributed by atoms with Gasteiger partial charge in [-0.2, -0.15) is 0 Å². The molecule has 0 radical (unpaired) electrons. The van der Waals surface area contributed by atoms with Gasteiger partial charge in [0.15, 0.2) is 0 Å². The lowest BCUT2D eigenvalue weighted by Gasteiger charge is -2.25. The standard InChI is InChI=1S/C15H28N6/c1-15(2,3)14-17-12(19-16)8-13(18-14)21(5)10-11-6-7-20(4)9-11/h8,11H,6-7,9-10,16H2,1-5H3,(H,17,18,19). The van der Waals surface area contributed by atoms with Crippen molar-refractivity contribution in [3.63, 3.8) is 0 Å². The van der Waals surface area contributed by atoms with Gasteiger partial charge in [0.2, 0.25) is 0 Å². The van der Waals surface area contributed by atoms with E-state index in [0.29, 0.717) is 11.7 Å². The number of nitrogens with two attached hydrogens (primary N) is 1. The number of nitrogens with zero attached hydrogens (tertiary/aromatic N) is 4. The molecule has 6 heteroatoms. The van der Waals surface area contributed by atoms with Crippen molar-refractivity contribution in [2.45, 2.75) is 32.6 Å². The Labute approximate surface area is 127 Å². The van der Waals surface area contributed by atoms with E-state index in [1.54, 1.807) is 0 Å². The minimum atomic E-state index is -0.101. The monoisotopic (exact) mass is 292 g/mol. The number of nitrogens with one attached hydrogen (secondary N) is 1. The van der Waals surface area contributed by atoms with Crippen molar-refractivity contribution in [3.8, 4) is 0 Å². The normalized spacial score (nSPS) is 19.8. The highest BCUT2D eigenvalue weighted by Gasteiger charge is 2.23. The second kappa shape index (κ2) is 6.15. The molecule has 3 N–H and O–H groups in total. The van der Waals surface area contributed by atoms with Crippen LogP contribution in [0.4, 0.5) is 11.6 Å². The van der Waals surface area contributed by atoms with Crippen molar-refractivity contribution in [1.82, 2.24) is 14.9 Å². The van der Waals surface area contributed by atoms with Crippen molar-refractivity contribution in [3.05, 3.63) is 11.9 Å². The van der Waals surface area contributed by atoms with Crippen LogP contribution in [0.3, 0.4) is 0 Å². The summed E-state index contributed by atoms with van der Waals surface area (Å²) in [7, 11) is 4.27. The first-order chi connectivity index (χ1) is 9.79. The van der Waals surface area contributed by atoms with Gasteiger partial charge in [-0.05, 0) is 25.9 Å². The Morgan fingerprint density at radius 3 is 2.67 bits per heavy atom. The molecular formula is C15H28N6. The van der Waals surface area contributed by atoms with E-state index in [1.807, 2.05) is 6.07 Å². The molecule has 1 aromatic rings. The van der Waals surface area contributed by atoms with Gasteiger partial charge in [-0.1, -0.05) is 20.8 Å². The Morgan fingerprint density at radius 2 is 2.14 bits per heavy atom. The number of hydrogen-bond donors (Lipinski definition) is 2. The van der Waals surface area contributed by atoms with Crippen LogP contribution in [0.1, 0.15) is 33.0 Å². The van der Waals surface area contributed by atoms with Crippen LogP contribution in [-0.2, 0) is 5.41 Å². The van der Waals surface area contributed by atoms with Gasteiger partial charge in [0, 0.05) is 31.6 Å². The molecule has 1 aliphatic heterocycles. The van der Waals surface area contributed by atoms with E-state index in [0.717, 1.165) is 24.7 Å². The maximum atomic E-state index is 5.55. The number of hydrazine groups is 1. The molecule has 0 aromatic carbocycles. The summed E-state index contributed by atoms with van der Waals surface area (Å²) < 4.78 is 0. The summed E-state index contributed by atoms with van der Waals surface area (Å²) in [6.07, 6.45) is 1.25. The quantitative estimate of drug-likeness (QED) is 0.646. The highest BCUT2D eigenvalue weighted by Crippen LogP contribution is 2.24. The second-order valence-corrected chi connectivity index (χ2v) is 7.13. The summed E-state index contributed by atoms with van der Waals surface area (Å²) in [5, 5.41) is 0. The SMILES string of the molecule is CN1CCC(CN(C)c2cc(NN)nc(C(C)(C)C)n2)C1. The Balaban J connectivity index is 2.17. The van der Waals surface area contributed by atoms with E-state index in [2.05, 4.69) is 55.1 Å². The highest BCUT2D eigenvalue weighted by molar-refractivity contribution is 5.49. The van der Waals surface area contributed by atoms with Crippen molar-refractivity contribution < 1.29 is 0 Å². The van der Waals surface area contributed by atoms with Crippen molar-refractivity contribution in [2.75, 3.05) is 44.1 Å². The maximum absolute atomic E-state index is 5.55. The summed E-state index contributed by atoms with van der Waals surface area (Å²) in [5.41, 5.74) is 2.55. The molecule has 0 bridgehead atoms. The van der Waals surface area contributed by atoms with Crippen LogP contribution in [0.25, 0.3) is 0 Å². The van der Waals surface area contributed by atoms with Gasteiger partial charge in [-0.3, -0.25) is 0 Å². The fourth-order valence-electron chi connectivity index (χ4n) is 2.70. The molecule has 1 aromatic heterocycles. The van der Waals surface area contributed by atoms with Crippen LogP contribution in [0, 0.1) is 5.92 Å². The van der Waals surface area contributed by atoms with E-state index in [9.17, 15) is 0 Å². The summed E-state index contributed by atoms with van der Waals surface area (Å²) in [6.45, 7) is 9.68. The van der Waals surface area contributed by atoms with Gasteiger partial charge in [0.25, 0.3) is 0 Å². The van der Waals surface area contributed by atoms with Gasteiger partial charge >= 0.3 is 0 Å². The maximum Gasteiger partial charge on any atom is 0.145 e. The van der Waals surface area contributed by atoms with E-state index >= 15 is 0 Å². The van der Waals surface area contributed by atoms with Gasteiger partial charge in [0.05, 0.1) is 0 Å². The average molecular weight is 292 g/mol. The Morgan fingerprint density at radius 1 is 1.43 bits per heavy atom. The lowest BCUT2D eigenvalue weighted by molar-refractivity contribution is 0.395. The molecule has 1 aliphatic rings. The molecule has 1 fully saturated rings. The van der Waals surface area contributed by atoms with E-state index < -0.39 is 0 Å². The van der Waals surface area contributed by atoms with E-state index in [4.69, 9.17) is 10.8 Å². The van der Waals surface area contributed by atoms with Gasteiger partial charge in [-0.25, -0.2) is 15.8 Å². The lowest BCUT2D eigenvalue weighted by Crippen LogP contribution is -2.29. The topological polar surface area (TPSA) is 70.3 Å². The van der Waals surface area contributed by atoms with Crippen molar-refractivity contribution in [1.29, 1.82) is 0 Å². The van der Waals surface area contributed by atoms with Gasteiger partial charge in [0.1, 0.15) is 17.5 Å². The van der Waals surface area contributed by atoms with Crippen LogP contribution in [0.5, 0.6) is 0 Å². The third-order valence-electron chi connectivity index (χ3n) is 3.94. The molecule has 0 spiro atoms. The first-order valence-electron chi connectivity index (χ1n) is 7.55. The average Bonchev–Trinajstić information content (AvgIpc) is 2.82. The fraction of sp³-hybridized carbons (Fsp3) is 0.733. The third kappa shape index (κ3) is 4.04. The third-order valence-corrected chi connectivity index (χ3v) is 3.94. The molecule has 0 saturated carbocycles. The second-order valence-electron chi connectivity index (χ2n) is 7.13. The number of anilines is 2. The first kappa shape index (κ1) is 16.0. The Kier molecular flexibility index (Phi) is 4.68. The molecule has 2 heterocycles. The fourth-order valence-corrected chi connectivity index (χ4v) is 2.70. The molecule has 2 rings (SSSR count). The molecular weight excluding hydrogens is 264 g/mol. The molecule has 1 unspecified atom stereocenters. The summed E-state index contributed by atoms with van der Waals surface area (Å²) in [5.74, 6) is 8.65. The number of likely N-dealkylation sites (tertiary alicyclic amines) is 1. The number of rotatable bonds is 4. The molecule has 0 amide bonds. The largest absolute Gasteiger partial charge is 0.359 e. The lowest BCUT2D eigenvalue weighted by atomic mass is 9.96. The molecule has 1 saturated heterocycles. The van der Waals surface area contributed by atoms with Crippen molar-refractivity contribution in [2.24, 2.45) is 11.8 Å². The zero-order valence-electron chi connectivity index (χ0n) is 13.8. The predicted octanol–water partition coefficient (Wildman–Crippen LogP) is 1.45. The molecule has 6 nitrogen and oxygen atoms in total. The molecule has 0 aliphatic carbocycles. The summed E-state index contributed by atoms with van der Waals surface area (Å²) in [6, 6.07) is 1.91. The van der Waals surface area contributed by atoms with Crippen LogP contribution < -0.4 is 16.2 Å². The molecule has 118 valence electrons. The van der Waals surface area contributed by atoms with Gasteiger partial charge < -0.3 is 15.2 Å². The highest BCUT2D eigenvalue weighted by atomic mass is 15.3. The predicted molar refractivity (Wildman–Crippen MR) is 87.4 cm³/mol. The molecule has 1 atom stereocenters. The zero-order valence-corrected chi connectivity index (χ0v) is 13.8. The van der Waals surface area contributed by atoms with Crippen LogP contribution in [0.2, 0.25) is 0 Å². The first-order valence-corrected chi connectivity index (χ1v) is 7.55. The Hall–Kier alpha value is -1.40. The summed E-state index contributed by atoms with van der Waals surface area (Å²) >= 11 is 0. The Bertz CT molecular complexity index is 482. The van der Waals surface area contributed by atoms with Crippen LogP contribution in [0.15, 0.2) is 6.07 Å². The van der Waals surface area contributed by atoms with Crippen LogP contribution in [-0.4, -0.2) is 48.6 Å². The number of hydrogen-bond acceptors (Lipinski definition) is 6. The van der Waals surface area contributed by atoms with E-state index in [1.165, 1.54) is 13.0 Å². The smallest absolute Gasteiger partial charge is 0.145 e. The zero-order chi connectivity index (χ0) is 15.6. The number of aromatic nitrogens is 2. The van der Waals surface area contributed by atoms with Crippen LogP contribution >= 0.6 is 0 Å².